The molecule has 12 aromatic rings. The van der Waals surface area contributed by atoms with Crippen LogP contribution in [-0.2, 0) is 6.42 Å². The Hall–Kier alpha value is -8.93. The monoisotopic (exact) mass is 869 g/mol. The van der Waals surface area contributed by atoms with E-state index in [9.17, 15) is 0 Å². The van der Waals surface area contributed by atoms with Gasteiger partial charge in [0.15, 0.2) is 17.5 Å². The maximum Gasteiger partial charge on any atom is 0.164 e. The van der Waals surface area contributed by atoms with Crippen molar-refractivity contribution >= 4 is 38.8 Å². The largest absolute Gasteiger partial charge is 0.310 e. The molecule has 1 aliphatic carbocycles. The van der Waals surface area contributed by atoms with Crippen molar-refractivity contribution in [3.8, 4) is 78.9 Å². The average molecular weight is 870 g/mol. The Morgan fingerprint density at radius 3 is 1.51 bits per heavy atom. The van der Waals surface area contributed by atoms with Crippen molar-refractivity contribution in [3.63, 3.8) is 0 Å². The molecule has 0 unspecified atom stereocenters. The van der Waals surface area contributed by atoms with Crippen LogP contribution < -0.4 is 0 Å². The SMILES string of the molecule is C1=Cc2c(c3ccccc3n2-c2cc(-c3ccccc3)cc(-c3nc(-c4ccccc4)nc(-c4cccc(-c5cc(-c6ccccc6)ccc5-n5c6ccccc6c6ccccc65)c4)n3)c2)CC1. The topological polar surface area (TPSA) is 48.5 Å². The summed E-state index contributed by atoms with van der Waals surface area (Å²) in [5.41, 5.74) is 17.7. The van der Waals surface area contributed by atoms with Gasteiger partial charge in [0, 0.05) is 49.8 Å². The second-order valence-corrected chi connectivity index (χ2v) is 17.5. The first-order valence-corrected chi connectivity index (χ1v) is 23.3. The number of aryl methyl sites for hydroxylation is 1. The Kier molecular flexibility index (Phi) is 9.57. The lowest BCUT2D eigenvalue weighted by atomic mass is 9.96. The quantitative estimate of drug-likeness (QED) is 0.153. The summed E-state index contributed by atoms with van der Waals surface area (Å²) in [6.45, 7) is 0. The van der Waals surface area contributed by atoms with E-state index < -0.39 is 0 Å². The van der Waals surface area contributed by atoms with Gasteiger partial charge >= 0.3 is 0 Å². The number of benzene rings is 9. The van der Waals surface area contributed by atoms with E-state index in [1.807, 2.05) is 18.2 Å². The highest BCUT2D eigenvalue weighted by Crippen LogP contribution is 2.41. The molecule has 9 aromatic carbocycles. The minimum Gasteiger partial charge on any atom is -0.310 e. The van der Waals surface area contributed by atoms with Crippen LogP contribution in [0.1, 0.15) is 17.7 Å². The molecule has 3 heterocycles. The molecule has 13 rings (SSSR count). The molecule has 0 saturated heterocycles. The second kappa shape index (κ2) is 16.5. The number of hydrogen-bond donors (Lipinski definition) is 0. The van der Waals surface area contributed by atoms with Crippen LogP contribution in [0.5, 0.6) is 0 Å². The van der Waals surface area contributed by atoms with Gasteiger partial charge in [-0.3, -0.25) is 0 Å². The summed E-state index contributed by atoms with van der Waals surface area (Å²) in [7, 11) is 0. The zero-order valence-electron chi connectivity index (χ0n) is 37.2. The zero-order valence-corrected chi connectivity index (χ0v) is 37.2. The van der Waals surface area contributed by atoms with Crippen LogP contribution in [0.15, 0.2) is 231 Å². The highest BCUT2D eigenvalue weighted by atomic mass is 15.0. The van der Waals surface area contributed by atoms with Crippen molar-refractivity contribution in [2.75, 3.05) is 0 Å². The number of rotatable bonds is 8. The minimum atomic E-state index is 0.603. The Labute approximate surface area is 394 Å². The number of aromatic nitrogens is 5. The molecule has 0 amide bonds. The molecule has 0 atom stereocenters. The standard InChI is InChI=1S/C63H43N5/c1-4-19-42(20-5-1)45-35-36-60(68-58-33-16-12-29-53(58)54-30-13-17-34-59(54)68)55(41-45)46-25-18-26-47(37-46)62-64-61(44-23-8-3-9-24-44)65-63(66-62)49-38-48(43-21-6-2-7-22-43)39-50(40-49)67-56-31-14-10-27-51(56)52-28-11-15-32-57(52)67/h1-10,12-27,29-41H,11,28H2. The molecule has 0 saturated carbocycles. The third-order valence-corrected chi connectivity index (χ3v) is 13.4. The molecule has 320 valence electrons. The fourth-order valence-electron chi connectivity index (χ4n) is 10.3. The highest BCUT2D eigenvalue weighted by molar-refractivity contribution is 6.10. The van der Waals surface area contributed by atoms with E-state index in [2.05, 4.69) is 228 Å². The maximum atomic E-state index is 5.41. The number of hydrogen-bond acceptors (Lipinski definition) is 3. The van der Waals surface area contributed by atoms with Gasteiger partial charge in [-0.25, -0.2) is 15.0 Å². The van der Waals surface area contributed by atoms with Crippen LogP contribution in [0.25, 0.3) is 118 Å². The summed E-state index contributed by atoms with van der Waals surface area (Å²) >= 11 is 0. The summed E-state index contributed by atoms with van der Waals surface area (Å²) < 4.78 is 4.83. The van der Waals surface area contributed by atoms with E-state index in [0.717, 1.165) is 85.3 Å². The van der Waals surface area contributed by atoms with Gasteiger partial charge in [-0.1, -0.05) is 176 Å². The van der Waals surface area contributed by atoms with Crippen molar-refractivity contribution in [2.24, 2.45) is 0 Å². The minimum absolute atomic E-state index is 0.603. The maximum absolute atomic E-state index is 5.41. The third kappa shape index (κ3) is 6.83. The molecular formula is C63H43N5. The predicted molar refractivity (Wildman–Crippen MR) is 281 cm³/mol. The van der Waals surface area contributed by atoms with Crippen LogP contribution in [-0.4, -0.2) is 24.1 Å². The molecule has 0 N–H and O–H groups in total. The van der Waals surface area contributed by atoms with Crippen molar-refractivity contribution in [1.82, 2.24) is 24.1 Å². The smallest absolute Gasteiger partial charge is 0.164 e. The fraction of sp³-hybridized carbons (Fsp3) is 0.0317. The van der Waals surface area contributed by atoms with Crippen LogP contribution in [0.2, 0.25) is 0 Å². The van der Waals surface area contributed by atoms with Gasteiger partial charge in [0.25, 0.3) is 0 Å². The average Bonchev–Trinajstić information content (AvgIpc) is 3.94. The first-order chi connectivity index (χ1) is 33.7. The fourth-order valence-corrected chi connectivity index (χ4v) is 10.3. The van der Waals surface area contributed by atoms with Gasteiger partial charge in [0.05, 0.1) is 22.2 Å². The summed E-state index contributed by atoms with van der Waals surface area (Å²) in [5.74, 6) is 1.83. The molecule has 0 fully saturated rings. The molecule has 0 bridgehead atoms. The zero-order chi connectivity index (χ0) is 45.0. The Morgan fingerprint density at radius 1 is 0.338 bits per heavy atom. The number of para-hydroxylation sites is 3. The summed E-state index contributed by atoms with van der Waals surface area (Å²) in [6, 6.07) is 80.0. The lowest BCUT2D eigenvalue weighted by molar-refractivity contribution is 0.967. The lowest BCUT2D eigenvalue weighted by Crippen LogP contribution is -2.03. The van der Waals surface area contributed by atoms with Crippen molar-refractivity contribution in [3.05, 3.63) is 242 Å². The van der Waals surface area contributed by atoms with Gasteiger partial charge in [0.2, 0.25) is 0 Å². The number of allylic oxidation sites excluding steroid dienone is 1. The van der Waals surface area contributed by atoms with Gasteiger partial charge in [-0.15, -0.1) is 0 Å². The summed E-state index contributed by atoms with van der Waals surface area (Å²) in [5, 5.41) is 3.74. The van der Waals surface area contributed by atoms with Gasteiger partial charge in [-0.05, 0) is 107 Å². The van der Waals surface area contributed by atoms with E-state index in [-0.39, 0.29) is 0 Å². The first kappa shape index (κ1) is 39.4. The molecular weight excluding hydrogens is 827 g/mol. The third-order valence-electron chi connectivity index (χ3n) is 13.4. The number of fused-ring (bicyclic) bond motifs is 6. The predicted octanol–water partition coefficient (Wildman–Crippen LogP) is 15.9. The second-order valence-electron chi connectivity index (χ2n) is 17.5. The van der Waals surface area contributed by atoms with E-state index in [0.29, 0.717) is 17.5 Å². The van der Waals surface area contributed by atoms with Gasteiger partial charge in [-0.2, -0.15) is 0 Å². The van der Waals surface area contributed by atoms with E-state index in [4.69, 9.17) is 15.0 Å². The van der Waals surface area contributed by atoms with Crippen molar-refractivity contribution < 1.29 is 0 Å². The molecule has 0 spiro atoms. The van der Waals surface area contributed by atoms with Gasteiger partial charge < -0.3 is 9.13 Å². The van der Waals surface area contributed by atoms with E-state index in [1.54, 1.807) is 0 Å². The molecule has 5 nitrogen and oxygen atoms in total. The Bertz CT molecular complexity index is 3850. The molecule has 3 aromatic heterocycles. The normalized spacial score (nSPS) is 12.2. The molecule has 1 aliphatic rings. The highest BCUT2D eigenvalue weighted by Gasteiger charge is 2.22. The van der Waals surface area contributed by atoms with E-state index in [1.165, 1.54) is 32.9 Å². The Morgan fingerprint density at radius 2 is 0.838 bits per heavy atom. The van der Waals surface area contributed by atoms with Gasteiger partial charge in [0.1, 0.15) is 0 Å². The van der Waals surface area contributed by atoms with E-state index >= 15 is 0 Å². The molecule has 68 heavy (non-hydrogen) atoms. The van der Waals surface area contributed by atoms with Crippen LogP contribution in [0.3, 0.4) is 0 Å². The Balaban J connectivity index is 1.02. The first-order valence-electron chi connectivity index (χ1n) is 23.3. The lowest BCUT2D eigenvalue weighted by Gasteiger charge is -2.17. The molecule has 5 heteroatoms. The van der Waals surface area contributed by atoms with Crippen molar-refractivity contribution in [2.45, 2.75) is 12.8 Å². The molecule has 0 radical (unpaired) electrons. The summed E-state index contributed by atoms with van der Waals surface area (Å²) in [6.07, 6.45) is 6.63. The van der Waals surface area contributed by atoms with Crippen molar-refractivity contribution in [1.29, 1.82) is 0 Å². The van der Waals surface area contributed by atoms with Crippen LogP contribution in [0.4, 0.5) is 0 Å². The number of nitrogens with zero attached hydrogens (tertiary/aromatic N) is 5. The summed E-state index contributed by atoms with van der Waals surface area (Å²) in [4.78, 5) is 16.0. The van der Waals surface area contributed by atoms with Crippen LogP contribution in [0, 0.1) is 0 Å². The molecule has 0 aliphatic heterocycles. The van der Waals surface area contributed by atoms with Crippen LogP contribution >= 0.6 is 0 Å².